The number of aryl methyl sites for hydroxylation is 1. The summed E-state index contributed by atoms with van der Waals surface area (Å²) >= 11 is 0. The van der Waals surface area contributed by atoms with Crippen LogP contribution in [0.15, 0.2) is 65.3 Å². The van der Waals surface area contributed by atoms with Gasteiger partial charge in [0.1, 0.15) is 29.0 Å². The molecule has 1 aromatic heterocycles. The molecule has 0 bridgehead atoms. The zero-order chi connectivity index (χ0) is 23.7. The van der Waals surface area contributed by atoms with E-state index in [-0.39, 0.29) is 18.0 Å². The number of oxazole rings is 1. The van der Waals surface area contributed by atoms with Gasteiger partial charge in [-0.15, -0.1) is 0 Å². The van der Waals surface area contributed by atoms with E-state index >= 15 is 0 Å². The number of carbonyl (C=O) groups excluding carboxylic acids is 1. The first kappa shape index (κ1) is 22.0. The maximum atomic E-state index is 13.3. The van der Waals surface area contributed by atoms with E-state index in [0.29, 0.717) is 31.2 Å². The monoisotopic (exact) mass is 460 g/mol. The lowest BCUT2D eigenvalue weighted by Gasteiger charge is -2.31. The third-order valence-electron chi connectivity index (χ3n) is 6.22. The van der Waals surface area contributed by atoms with Gasteiger partial charge in [0.2, 0.25) is 5.89 Å². The molecule has 1 saturated heterocycles. The fraction of sp³-hybridized carbons (Fsp3) is 0.308. The van der Waals surface area contributed by atoms with Crippen molar-refractivity contribution in [2.45, 2.75) is 38.9 Å². The van der Waals surface area contributed by atoms with Crippen LogP contribution in [0, 0.1) is 6.92 Å². The summed E-state index contributed by atoms with van der Waals surface area (Å²) in [5, 5.41) is 1.90. The normalized spacial score (nSPS) is 19.4. The molecule has 2 unspecified atom stereocenters. The molecule has 3 aromatic rings. The van der Waals surface area contributed by atoms with E-state index in [1.807, 2.05) is 73.6 Å². The molecule has 8 heteroatoms. The van der Waals surface area contributed by atoms with Gasteiger partial charge in [0.15, 0.2) is 0 Å². The van der Waals surface area contributed by atoms with Gasteiger partial charge >= 0.3 is 0 Å². The Kier molecular flexibility index (Phi) is 5.98. The number of hydrogen-bond donors (Lipinski definition) is 1. The Hall–Kier alpha value is -3.78. The van der Waals surface area contributed by atoms with E-state index < -0.39 is 0 Å². The quantitative estimate of drug-likeness (QED) is 0.566. The molecular weight excluding hydrogens is 432 g/mol. The second-order valence-electron chi connectivity index (χ2n) is 8.36. The zero-order valence-corrected chi connectivity index (χ0v) is 19.5. The lowest BCUT2D eigenvalue weighted by atomic mass is 10.0. The van der Waals surface area contributed by atoms with E-state index in [4.69, 9.17) is 13.9 Å². The molecule has 2 atom stereocenters. The number of rotatable bonds is 7. The highest BCUT2D eigenvalue weighted by molar-refractivity contribution is 5.84. The molecule has 0 spiro atoms. The molecule has 3 heterocycles. The maximum absolute atomic E-state index is 13.3. The third-order valence-corrected chi connectivity index (χ3v) is 6.22. The van der Waals surface area contributed by atoms with Crippen molar-refractivity contribution < 1.29 is 18.7 Å². The summed E-state index contributed by atoms with van der Waals surface area (Å²) in [5.74, 6) is 2.90. The van der Waals surface area contributed by atoms with Gasteiger partial charge in [0.25, 0.3) is 5.91 Å². The number of fused-ring (bicyclic) bond motifs is 1. The Morgan fingerprint density at radius 2 is 1.82 bits per heavy atom. The summed E-state index contributed by atoms with van der Waals surface area (Å²) < 4.78 is 16.7. The van der Waals surface area contributed by atoms with Gasteiger partial charge in [-0.1, -0.05) is 12.1 Å². The van der Waals surface area contributed by atoms with Crippen molar-refractivity contribution in [3.8, 4) is 23.0 Å². The van der Waals surface area contributed by atoms with Crippen molar-refractivity contribution in [3.05, 3.63) is 77.9 Å². The summed E-state index contributed by atoms with van der Waals surface area (Å²) in [7, 11) is 1.65. The number of amides is 1. The highest BCUT2D eigenvalue weighted by Gasteiger charge is 2.40. The molecule has 34 heavy (non-hydrogen) atoms. The Labute approximate surface area is 198 Å². The average Bonchev–Trinajstić information content (AvgIpc) is 3.46. The fourth-order valence-corrected chi connectivity index (χ4v) is 4.34. The van der Waals surface area contributed by atoms with E-state index in [0.717, 1.165) is 28.3 Å². The summed E-state index contributed by atoms with van der Waals surface area (Å²) in [6, 6.07) is 15.4. The molecule has 0 aliphatic carbocycles. The van der Waals surface area contributed by atoms with Crippen LogP contribution in [0.1, 0.15) is 36.4 Å². The third kappa shape index (κ3) is 4.24. The molecular formula is C26H28N4O4. The van der Waals surface area contributed by atoms with Crippen LogP contribution in [0.5, 0.6) is 11.5 Å². The van der Waals surface area contributed by atoms with Gasteiger partial charge in [0.05, 0.1) is 26.3 Å². The number of ether oxygens (including phenoxy) is 2. The number of carbonyl (C=O) groups is 1. The van der Waals surface area contributed by atoms with Crippen LogP contribution in [-0.2, 0) is 11.3 Å². The maximum Gasteiger partial charge on any atom is 0.251 e. The highest BCUT2D eigenvalue weighted by atomic mass is 16.5. The summed E-state index contributed by atoms with van der Waals surface area (Å²) in [5.41, 5.74) is 6.16. The molecule has 5 rings (SSSR count). The van der Waals surface area contributed by atoms with Crippen molar-refractivity contribution >= 4 is 5.91 Å². The van der Waals surface area contributed by atoms with E-state index in [2.05, 4.69) is 10.4 Å². The first-order valence-electron chi connectivity index (χ1n) is 11.4. The van der Waals surface area contributed by atoms with Gasteiger partial charge in [-0.25, -0.2) is 10.4 Å². The van der Waals surface area contributed by atoms with E-state index in [1.165, 1.54) is 0 Å². The number of nitrogens with one attached hydrogen (secondary N) is 1. The first-order valence-corrected chi connectivity index (χ1v) is 11.4. The molecule has 0 saturated carbocycles. The molecule has 1 fully saturated rings. The van der Waals surface area contributed by atoms with Crippen molar-refractivity contribution in [2.75, 3.05) is 13.7 Å². The van der Waals surface area contributed by atoms with Crippen LogP contribution >= 0.6 is 0 Å². The van der Waals surface area contributed by atoms with E-state index in [9.17, 15) is 4.79 Å². The van der Waals surface area contributed by atoms with Crippen LogP contribution in [-0.4, -0.2) is 40.6 Å². The van der Waals surface area contributed by atoms with Crippen molar-refractivity contribution in [3.63, 3.8) is 0 Å². The number of nitrogens with zero attached hydrogens (tertiary/aromatic N) is 3. The second-order valence-corrected chi connectivity index (χ2v) is 8.36. The number of aromatic nitrogens is 1. The Balaban J connectivity index is 1.27. The predicted octanol–water partition coefficient (Wildman–Crippen LogP) is 4.19. The van der Waals surface area contributed by atoms with Gasteiger partial charge < -0.3 is 23.8 Å². The largest absolute Gasteiger partial charge is 0.497 e. The second kappa shape index (κ2) is 9.23. The Morgan fingerprint density at radius 3 is 2.53 bits per heavy atom. The van der Waals surface area contributed by atoms with Crippen LogP contribution in [0.25, 0.3) is 11.5 Å². The van der Waals surface area contributed by atoms with Crippen LogP contribution in [0.2, 0.25) is 0 Å². The minimum absolute atomic E-state index is 0.0380. The minimum Gasteiger partial charge on any atom is -0.497 e. The van der Waals surface area contributed by atoms with Gasteiger partial charge in [-0.3, -0.25) is 4.79 Å². The van der Waals surface area contributed by atoms with Crippen molar-refractivity contribution in [1.82, 2.24) is 20.3 Å². The van der Waals surface area contributed by atoms with Crippen molar-refractivity contribution in [1.29, 1.82) is 0 Å². The van der Waals surface area contributed by atoms with Gasteiger partial charge in [-0.2, -0.15) is 0 Å². The predicted molar refractivity (Wildman–Crippen MR) is 127 cm³/mol. The first-order chi connectivity index (χ1) is 16.6. The SMILES string of the molecule is CCOc1ccc(-c2nc(CN3C=CN4NC(c5ccc(OC)cc5)CC4C3=O)c(C)o2)cc1. The number of methoxy groups -OCH3 is 1. The Morgan fingerprint density at radius 1 is 1.09 bits per heavy atom. The molecule has 1 N–H and O–H groups in total. The highest BCUT2D eigenvalue weighted by Crippen LogP contribution is 2.32. The number of hydrogen-bond acceptors (Lipinski definition) is 7. The number of benzene rings is 2. The minimum atomic E-state index is -0.269. The fourth-order valence-electron chi connectivity index (χ4n) is 4.34. The molecule has 8 nitrogen and oxygen atoms in total. The molecule has 176 valence electrons. The lowest BCUT2D eigenvalue weighted by Crippen LogP contribution is -2.47. The molecule has 1 amide bonds. The van der Waals surface area contributed by atoms with E-state index in [1.54, 1.807) is 18.2 Å². The smallest absolute Gasteiger partial charge is 0.251 e. The lowest BCUT2D eigenvalue weighted by molar-refractivity contribution is -0.135. The zero-order valence-electron chi connectivity index (χ0n) is 19.5. The summed E-state index contributed by atoms with van der Waals surface area (Å²) in [6.45, 7) is 4.81. The topological polar surface area (TPSA) is 80.1 Å². The van der Waals surface area contributed by atoms with Crippen LogP contribution in [0.4, 0.5) is 0 Å². The molecule has 2 aromatic carbocycles. The van der Waals surface area contributed by atoms with Crippen LogP contribution < -0.4 is 14.9 Å². The molecule has 2 aliphatic rings. The average molecular weight is 461 g/mol. The summed E-state index contributed by atoms with van der Waals surface area (Å²) in [6.07, 6.45) is 4.40. The Bertz CT molecular complexity index is 1190. The van der Waals surface area contributed by atoms with Gasteiger partial charge in [0, 0.05) is 18.0 Å². The van der Waals surface area contributed by atoms with Crippen LogP contribution in [0.3, 0.4) is 0 Å². The van der Waals surface area contributed by atoms with Gasteiger partial charge in [-0.05, 0) is 62.2 Å². The van der Waals surface area contributed by atoms with Crippen molar-refractivity contribution in [2.24, 2.45) is 0 Å². The standard InChI is InChI=1S/C26H28N4O4/c1-4-33-21-11-7-19(8-12-21)25-27-23(17(2)34-25)16-29-13-14-30-24(26(29)31)15-22(28-30)18-5-9-20(32-3)10-6-18/h5-14,22,24,28H,4,15-16H2,1-3H3. The molecule has 2 aliphatic heterocycles. The summed E-state index contributed by atoms with van der Waals surface area (Å²) in [4.78, 5) is 19.7. The number of hydrazine groups is 1. The molecule has 0 radical (unpaired) electrons.